The van der Waals surface area contributed by atoms with Gasteiger partial charge in [-0.2, -0.15) is 0 Å². The fraction of sp³-hybridized carbons (Fsp3) is 0.750. The molecule has 2 fully saturated rings. The zero-order valence-electron chi connectivity index (χ0n) is 14.1. The number of aryl methyl sites for hydroxylation is 1. The predicted octanol–water partition coefficient (Wildman–Crippen LogP) is -0.146. The van der Waals surface area contributed by atoms with E-state index in [1.54, 1.807) is 13.2 Å². The van der Waals surface area contributed by atoms with E-state index < -0.39 is 0 Å². The molecule has 7 nitrogen and oxygen atoms in total. The lowest BCUT2D eigenvalue weighted by Crippen LogP contribution is -2.56. The van der Waals surface area contributed by atoms with Crippen molar-refractivity contribution in [3.8, 4) is 0 Å². The van der Waals surface area contributed by atoms with Crippen LogP contribution in [0.5, 0.6) is 0 Å². The molecule has 7 heteroatoms. The molecule has 2 atom stereocenters. The third-order valence-electron chi connectivity index (χ3n) is 4.82. The van der Waals surface area contributed by atoms with Crippen LogP contribution in [0.15, 0.2) is 15.8 Å². The fourth-order valence-electron chi connectivity index (χ4n) is 3.56. The number of rotatable bonds is 3. The van der Waals surface area contributed by atoms with Crippen LogP contribution < -0.4 is 11.2 Å². The van der Waals surface area contributed by atoms with E-state index in [1.807, 2.05) is 0 Å². The Morgan fingerprint density at radius 2 is 2.13 bits per heavy atom. The Morgan fingerprint density at radius 3 is 2.78 bits per heavy atom. The molecule has 2 saturated heterocycles. The van der Waals surface area contributed by atoms with Gasteiger partial charge in [-0.3, -0.25) is 14.3 Å². The van der Waals surface area contributed by atoms with Gasteiger partial charge in [-0.15, -0.1) is 0 Å². The molecule has 0 amide bonds. The molecule has 3 rings (SSSR count). The number of morpholine rings is 1. The first-order valence-electron chi connectivity index (χ1n) is 8.17. The van der Waals surface area contributed by atoms with Crippen molar-refractivity contribution in [2.45, 2.75) is 38.0 Å². The minimum Gasteiger partial charge on any atom is -0.378 e. The number of aromatic nitrogens is 2. The van der Waals surface area contributed by atoms with Crippen molar-refractivity contribution < 1.29 is 9.47 Å². The Morgan fingerprint density at radius 1 is 1.35 bits per heavy atom. The summed E-state index contributed by atoms with van der Waals surface area (Å²) in [5, 5.41) is 0. The van der Waals surface area contributed by atoms with Crippen LogP contribution in [0.4, 0.5) is 0 Å². The molecule has 2 aliphatic heterocycles. The van der Waals surface area contributed by atoms with Gasteiger partial charge < -0.3 is 14.0 Å². The molecule has 23 heavy (non-hydrogen) atoms. The van der Waals surface area contributed by atoms with E-state index in [-0.39, 0.29) is 23.0 Å². The average molecular weight is 323 g/mol. The molecular weight excluding hydrogens is 298 g/mol. The van der Waals surface area contributed by atoms with Gasteiger partial charge in [0, 0.05) is 58.5 Å². The molecule has 2 aliphatic rings. The summed E-state index contributed by atoms with van der Waals surface area (Å²) in [4.78, 5) is 26.4. The van der Waals surface area contributed by atoms with Crippen LogP contribution in [0.25, 0.3) is 0 Å². The minimum atomic E-state index is -0.298. The number of hydrogen-bond donors (Lipinski definition) is 0. The van der Waals surface area contributed by atoms with Crippen LogP contribution in [0.1, 0.15) is 25.3 Å². The van der Waals surface area contributed by atoms with Crippen LogP contribution in [0, 0.1) is 0 Å². The molecule has 3 heterocycles. The van der Waals surface area contributed by atoms with Gasteiger partial charge in [0.05, 0.1) is 12.7 Å². The van der Waals surface area contributed by atoms with Gasteiger partial charge in [0.25, 0.3) is 5.56 Å². The topological polar surface area (TPSA) is 65.7 Å². The second kappa shape index (κ2) is 6.22. The van der Waals surface area contributed by atoms with Crippen molar-refractivity contribution in [3.05, 3.63) is 32.6 Å². The van der Waals surface area contributed by atoms with Crippen molar-refractivity contribution in [2.75, 3.05) is 26.3 Å². The highest BCUT2D eigenvalue weighted by atomic mass is 16.6. The first kappa shape index (κ1) is 16.4. The maximum atomic E-state index is 12.3. The number of nitrogens with zero attached hydrogens (tertiary/aromatic N) is 3. The molecule has 0 aromatic carbocycles. The van der Waals surface area contributed by atoms with Crippen molar-refractivity contribution in [3.63, 3.8) is 0 Å². The Balaban J connectivity index is 1.84. The number of ether oxygens (including phenoxy) is 2. The zero-order valence-corrected chi connectivity index (χ0v) is 14.1. The van der Waals surface area contributed by atoms with Crippen molar-refractivity contribution in [2.24, 2.45) is 14.1 Å². The summed E-state index contributed by atoms with van der Waals surface area (Å²) in [6, 6.07) is 0. The summed E-state index contributed by atoms with van der Waals surface area (Å²) < 4.78 is 14.4. The average Bonchev–Trinajstić information content (AvgIpc) is 2.97. The van der Waals surface area contributed by atoms with E-state index in [1.165, 1.54) is 16.2 Å². The quantitative estimate of drug-likeness (QED) is 0.774. The summed E-state index contributed by atoms with van der Waals surface area (Å²) in [7, 11) is 3.19. The van der Waals surface area contributed by atoms with Crippen LogP contribution in [0.2, 0.25) is 0 Å². The van der Waals surface area contributed by atoms with E-state index in [0.717, 1.165) is 32.5 Å². The van der Waals surface area contributed by atoms with Gasteiger partial charge in [0.2, 0.25) is 0 Å². The van der Waals surface area contributed by atoms with E-state index >= 15 is 0 Å². The first-order valence-corrected chi connectivity index (χ1v) is 8.17. The van der Waals surface area contributed by atoms with E-state index in [0.29, 0.717) is 18.7 Å². The van der Waals surface area contributed by atoms with Crippen molar-refractivity contribution in [1.29, 1.82) is 0 Å². The highest BCUT2D eigenvalue weighted by Gasteiger charge is 2.43. The Labute approximate surface area is 135 Å². The summed E-state index contributed by atoms with van der Waals surface area (Å²) in [5.74, 6) is 0. The molecule has 1 aromatic heterocycles. The Kier molecular flexibility index (Phi) is 4.44. The molecular formula is C16H25N3O4. The maximum Gasteiger partial charge on any atom is 0.330 e. The molecule has 0 N–H and O–H groups in total. The molecule has 1 spiro atoms. The van der Waals surface area contributed by atoms with Gasteiger partial charge in [-0.25, -0.2) is 4.79 Å². The molecule has 1 aromatic rings. The summed E-state index contributed by atoms with van der Waals surface area (Å²) in [5.41, 5.74) is -0.122. The largest absolute Gasteiger partial charge is 0.378 e. The van der Waals surface area contributed by atoms with Crippen molar-refractivity contribution >= 4 is 0 Å². The van der Waals surface area contributed by atoms with Gasteiger partial charge in [0.1, 0.15) is 5.60 Å². The highest BCUT2D eigenvalue weighted by molar-refractivity contribution is 5.07. The molecule has 0 radical (unpaired) electrons. The molecule has 0 unspecified atom stereocenters. The summed E-state index contributed by atoms with van der Waals surface area (Å²) in [6.45, 7) is 5.54. The molecule has 0 bridgehead atoms. The standard InChI is InChI=1S/C16H25N3O4/c1-4-13-9-19(10-16(23-13)5-6-22-11-16)8-12-7-17(2)15(21)18(3)14(12)20/h7,13H,4-6,8-11H2,1-3H3/t13-,16+/m1/s1. The molecule has 128 valence electrons. The second-order valence-corrected chi connectivity index (χ2v) is 6.72. The van der Waals surface area contributed by atoms with E-state index in [4.69, 9.17) is 9.47 Å². The van der Waals surface area contributed by atoms with Crippen LogP contribution in [-0.4, -0.2) is 52.0 Å². The summed E-state index contributed by atoms with van der Waals surface area (Å²) in [6.07, 6.45) is 3.63. The highest BCUT2D eigenvalue weighted by Crippen LogP contribution is 2.31. The molecule has 0 saturated carbocycles. The van der Waals surface area contributed by atoms with Crippen LogP contribution >= 0.6 is 0 Å². The van der Waals surface area contributed by atoms with Crippen molar-refractivity contribution in [1.82, 2.24) is 14.0 Å². The normalized spacial score (nSPS) is 28.6. The van der Waals surface area contributed by atoms with Crippen LogP contribution in [0.3, 0.4) is 0 Å². The van der Waals surface area contributed by atoms with E-state index in [2.05, 4.69) is 11.8 Å². The zero-order chi connectivity index (χ0) is 16.6. The predicted molar refractivity (Wildman–Crippen MR) is 85.5 cm³/mol. The van der Waals surface area contributed by atoms with Gasteiger partial charge in [0.15, 0.2) is 0 Å². The lowest BCUT2D eigenvalue weighted by atomic mass is 9.98. The maximum absolute atomic E-state index is 12.3. The second-order valence-electron chi connectivity index (χ2n) is 6.72. The SMILES string of the molecule is CC[C@@H]1CN(Cc2cn(C)c(=O)n(C)c2=O)C[C@]2(CCOC2)O1. The lowest BCUT2D eigenvalue weighted by Gasteiger charge is -2.43. The van der Waals surface area contributed by atoms with Gasteiger partial charge >= 0.3 is 5.69 Å². The van der Waals surface area contributed by atoms with Gasteiger partial charge in [-0.05, 0) is 6.42 Å². The minimum absolute atomic E-state index is 0.154. The van der Waals surface area contributed by atoms with Crippen LogP contribution in [-0.2, 0) is 30.1 Å². The molecule has 0 aliphatic carbocycles. The fourth-order valence-corrected chi connectivity index (χ4v) is 3.56. The summed E-state index contributed by atoms with van der Waals surface area (Å²) >= 11 is 0. The monoisotopic (exact) mass is 323 g/mol. The first-order chi connectivity index (χ1) is 10.9. The third-order valence-corrected chi connectivity index (χ3v) is 4.82. The third kappa shape index (κ3) is 3.13. The smallest absolute Gasteiger partial charge is 0.330 e. The Bertz CT molecular complexity index is 688. The number of hydrogen-bond acceptors (Lipinski definition) is 5. The Hall–Kier alpha value is -1.44. The van der Waals surface area contributed by atoms with E-state index in [9.17, 15) is 9.59 Å². The lowest BCUT2D eigenvalue weighted by molar-refractivity contribution is -0.156. The van der Waals surface area contributed by atoms with Gasteiger partial charge in [-0.1, -0.05) is 6.92 Å².